The molecule has 0 saturated carbocycles. The number of benzene rings is 3. The Morgan fingerprint density at radius 1 is 0.974 bits per heavy atom. The van der Waals surface area contributed by atoms with Gasteiger partial charge in [-0.3, -0.25) is 9.80 Å². The second kappa shape index (κ2) is 9.36. The summed E-state index contributed by atoms with van der Waals surface area (Å²) in [5.41, 5.74) is 4.87. The van der Waals surface area contributed by atoms with Crippen LogP contribution in [0.3, 0.4) is 0 Å². The Labute approximate surface area is 230 Å². The predicted octanol–water partition coefficient (Wildman–Crippen LogP) is 6.12. The van der Waals surface area contributed by atoms with Gasteiger partial charge in [0.1, 0.15) is 28.5 Å². The number of hydrogen-bond acceptors (Lipinski definition) is 8. The number of methoxy groups -OCH3 is 2. The summed E-state index contributed by atoms with van der Waals surface area (Å²) in [4.78, 5) is 26.3. The maximum atomic E-state index is 13.8. The number of amides is 1. The first kappa shape index (κ1) is 24.8. The van der Waals surface area contributed by atoms with Crippen molar-refractivity contribution >= 4 is 40.3 Å². The molecule has 0 unspecified atom stereocenters. The summed E-state index contributed by atoms with van der Waals surface area (Å²) >= 11 is 1.44. The minimum absolute atomic E-state index is 0.0699. The molecule has 0 spiro atoms. The maximum Gasteiger partial charge on any atom is 0.344 e. The molecule has 0 bridgehead atoms. The average molecular weight is 542 g/mol. The fourth-order valence-electron chi connectivity index (χ4n) is 5.14. The molecular weight excluding hydrogens is 514 g/mol. The molecule has 4 aromatic rings. The zero-order valence-electron chi connectivity index (χ0n) is 22.0. The van der Waals surface area contributed by atoms with Crippen molar-refractivity contribution in [1.82, 2.24) is 0 Å². The van der Waals surface area contributed by atoms with E-state index in [-0.39, 0.29) is 5.91 Å². The Bertz CT molecular complexity index is 1600. The standard InChI is InChI=1S/C30H27N3O5S/c1-30(2)29(35)33-27-22(16-32(33)24-7-5-6-8-25(24)36-3)20(11-12-23(27)31-30)21-10-9-19(15-26(21)37-4)38-28(34)18-13-14-39-17-18/h5-15,17,31H,16H2,1-4H3. The number of nitrogens with one attached hydrogen (secondary N) is 1. The third-order valence-electron chi connectivity index (χ3n) is 7.01. The van der Waals surface area contributed by atoms with E-state index in [4.69, 9.17) is 14.2 Å². The Morgan fingerprint density at radius 2 is 1.74 bits per heavy atom. The smallest absolute Gasteiger partial charge is 0.344 e. The number of hydrazine groups is 1. The Balaban J connectivity index is 1.45. The van der Waals surface area contributed by atoms with E-state index in [1.165, 1.54) is 11.3 Å². The quantitative estimate of drug-likeness (QED) is 0.233. The Kier molecular flexibility index (Phi) is 5.95. The van der Waals surface area contributed by atoms with Gasteiger partial charge in [0, 0.05) is 22.6 Å². The zero-order valence-corrected chi connectivity index (χ0v) is 22.8. The van der Waals surface area contributed by atoms with Crippen LogP contribution in [0.4, 0.5) is 17.1 Å². The van der Waals surface area contributed by atoms with Gasteiger partial charge in [0.25, 0.3) is 5.91 Å². The van der Waals surface area contributed by atoms with Crippen molar-refractivity contribution in [3.8, 4) is 28.4 Å². The highest BCUT2D eigenvalue weighted by atomic mass is 32.1. The summed E-state index contributed by atoms with van der Waals surface area (Å²) in [5.74, 6) is 1.12. The molecule has 1 aromatic heterocycles. The van der Waals surface area contributed by atoms with Crippen LogP contribution in [0.1, 0.15) is 29.8 Å². The molecule has 1 amide bonds. The van der Waals surface area contributed by atoms with Crippen LogP contribution >= 0.6 is 11.3 Å². The number of esters is 1. The molecule has 3 aromatic carbocycles. The van der Waals surface area contributed by atoms with E-state index in [0.717, 1.165) is 33.8 Å². The number of carbonyl (C=O) groups is 2. The number of para-hydroxylation sites is 2. The maximum absolute atomic E-state index is 13.8. The lowest BCUT2D eigenvalue weighted by atomic mass is 9.93. The molecule has 2 aliphatic rings. The molecule has 0 aliphatic carbocycles. The second-order valence-electron chi connectivity index (χ2n) is 9.85. The van der Waals surface area contributed by atoms with Crippen LogP contribution in [-0.4, -0.2) is 31.6 Å². The van der Waals surface area contributed by atoms with Gasteiger partial charge in [-0.05, 0) is 61.2 Å². The van der Waals surface area contributed by atoms with Gasteiger partial charge in [-0.25, -0.2) is 9.80 Å². The van der Waals surface area contributed by atoms with Gasteiger partial charge >= 0.3 is 5.97 Å². The molecule has 39 heavy (non-hydrogen) atoms. The third kappa shape index (κ3) is 4.06. The van der Waals surface area contributed by atoms with Gasteiger partial charge in [0.2, 0.25) is 0 Å². The molecule has 0 fully saturated rings. The fourth-order valence-corrected chi connectivity index (χ4v) is 5.76. The van der Waals surface area contributed by atoms with Crippen LogP contribution < -0.4 is 29.5 Å². The minimum Gasteiger partial charge on any atom is -0.496 e. The van der Waals surface area contributed by atoms with Crippen molar-refractivity contribution in [2.75, 3.05) is 29.6 Å². The first-order valence-electron chi connectivity index (χ1n) is 12.4. The van der Waals surface area contributed by atoms with Crippen molar-refractivity contribution in [3.05, 3.63) is 82.6 Å². The van der Waals surface area contributed by atoms with E-state index in [2.05, 4.69) is 5.32 Å². The summed E-state index contributed by atoms with van der Waals surface area (Å²) in [6.45, 7) is 4.20. The summed E-state index contributed by atoms with van der Waals surface area (Å²) in [7, 11) is 3.21. The molecule has 0 radical (unpaired) electrons. The van der Waals surface area contributed by atoms with Crippen LogP contribution in [-0.2, 0) is 11.3 Å². The number of ether oxygens (including phenoxy) is 3. The molecule has 1 N–H and O–H groups in total. The number of nitrogens with zero attached hydrogens (tertiary/aromatic N) is 2. The van der Waals surface area contributed by atoms with Crippen molar-refractivity contribution in [1.29, 1.82) is 0 Å². The molecule has 9 heteroatoms. The molecule has 6 rings (SSSR count). The summed E-state index contributed by atoms with van der Waals surface area (Å²) < 4.78 is 17.0. The van der Waals surface area contributed by atoms with Crippen molar-refractivity contribution in [3.63, 3.8) is 0 Å². The van der Waals surface area contributed by atoms with E-state index in [1.807, 2.05) is 66.7 Å². The first-order chi connectivity index (χ1) is 18.8. The number of thiophene rings is 1. The monoisotopic (exact) mass is 541 g/mol. The van der Waals surface area contributed by atoms with E-state index in [0.29, 0.717) is 29.4 Å². The largest absolute Gasteiger partial charge is 0.496 e. The molecule has 2 aliphatic heterocycles. The van der Waals surface area contributed by atoms with Crippen LogP contribution in [0, 0.1) is 0 Å². The van der Waals surface area contributed by atoms with Gasteiger partial charge in [-0.15, -0.1) is 0 Å². The summed E-state index contributed by atoms with van der Waals surface area (Å²) in [5, 5.41) is 10.7. The van der Waals surface area contributed by atoms with Gasteiger partial charge in [0.15, 0.2) is 0 Å². The predicted molar refractivity (Wildman–Crippen MR) is 152 cm³/mol. The minimum atomic E-state index is -0.804. The molecule has 0 saturated heterocycles. The lowest BCUT2D eigenvalue weighted by molar-refractivity contribution is -0.122. The van der Waals surface area contributed by atoms with Crippen molar-refractivity contribution in [2.45, 2.75) is 25.9 Å². The topological polar surface area (TPSA) is 80.3 Å². The van der Waals surface area contributed by atoms with E-state index < -0.39 is 11.5 Å². The molecule has 8 nitrogen and oxygen atoms in total. The summed E-state index contributed by atoms with van der Waals surface area (Å²) in [6.07, 6.45) is 0. The molecule has 198 valence electrons. The van der Waals surface area contributed by atoms with Gasteiger partial charge in [0.05, 0.1) is 37.7 Å². The fraction of sp³-hybridized carbons (Fsp3) is 0.200. The Morgan fingerprint density at radius 3 is 2.49 bits per heavy atom. The highest BCUT2D eigenvalue weighted by Gasteiger charge is 2.47. The zero-order chi connectivity index (χ0) is 27.3. The van der Waals surface area contributed by atoms with E-state index >= 15 is 0 Å². The molecule has 3 heterocycles. The average Bonchev–Trinajstić information content (AvgIpc) is 3.61. The molecule has 0 atom stereocenters. The normalized spacial score (nSPS) is 15.0. The number of carbonyl (C=O) groups excluding carboxylic acids is 2. The van der Waals surface area contributed by atoms with Crippen LogP contribution in [0.25, 0.3) is 11.1 Å². The second-order valence-corrected chi connectivity index (χ2v) is 10.6. The van der Waals surface area contributed by atoms with Crippen LogP contribution in [0.5, 0.6) is 17.2 Å². The number of rotatable bonds is 6. The van der Waals surface area contributed by atoms with Gasteiger partial charge in [-0.2, -0.15) is 11.3 Å². The lowest BCUT2D eigenvalue weighted by Gasteiger charge is -2.41. The number of anilines is 3. The third-order valence-corrected chi connectivity index (χ3v) is 7.70. The summed E-state index contributed by atoms with van der Waals surface area (Å²) in [6, 6.07) is 18.8. The lowest BCUT2D eigenvalue weighted by Crippen LogP contribution is -2.57. The van der Waals surface area contributed by atoms with E-state index in [9.17, 15) is 9.59 Å². The van der Waals surface area contributed by atoms with Gasteiger partial charge in [-0.1, -0.05) is 18.2 Å². The highest BCUT2D eigenvalue weighted by Crippen LogP contribution is 2.51. The van der Waals surface area contributed by atoms with Crippen LogP contribution in [0.15, 0.2) is 71.4 Å². The Hall–Kier alpha value is -4.50. The molecular formula is C30H27N3O5S. The van der Waals surface area contributed by atoms with E-state index in [1.54, 1.807) is 42.8 Å². The number of hydrogen-bond donors (Lipinski definition) is 1. The van der Waals surface area contributed by atoms with Crippen molar-refractivity contribution in [2.24, 2.45) is 0 Å². The van der Waals surface area contributed by atoms with Crippen LogP contribution in [0.2, 0.25) is 0 Å². The highest BCUT2D eigenvalue weighted by molar-refractivity contribution is 7.08. The van der Waals surface area contributed by atoms with Gasteiger partial charge < -0.3 is 19.5 Å². The SMILES string of the molecule is COc1cc(OC(=O)c2ccsc2)ccc1-c1ccc2c3c1CN(c1ccccc1OC)N3C(=O)C(C)(C)N2. The first-order valence-corrected chi connectivity index (χ1v) is 13.4. The van der Waals surface area contributed by atoms with Crippen molar-refractivity contribution < 1.29 is 23.8 Å².